The van der Waals surface area contributed by atoms with Gasteiger partial charge in [-0.25, -0.2) is 4.79 Å². The molecule has 1 saturated heterocycles. The Morgan fingerprint density at radius 3 is 2.58 bits per heavy atom. The summed E-state index contributed by atoms with van der Waals surface area (Å²) in [7, 11) is 0. The number of amides is 3. The number of anilines is 1. The molecule has 3 rings (SSSR count). The molecule has 0 radical (unpaired) electrons. The van der Waals surface area contributed by atoms with Crippen molar-refractivity contribution >= 4 is 17.6 Å². The molecule has 1 aromatic rings. The first-order valence-corrected chi connectivity index (χ1v) is 8.98. The molecule has 1 saturated carbocycles. The number of nitrogens with zero attached hydrogens (tertiary/aromatic N) is 2. The Kier molecular flexibility index (Phi) is 5.07. The summed E-state index contributed by atoms with van der Waals surface area (Å²) in [5.74, 6) is -0.00579. The molecule has 24 heavy (non-hydrogen) atoms. The monoisotopic (exact) mass is 329 g/mol. The largest absolute Gasteiger partial charge is 0.335 e. The quantitative estimate of drug-likeness (QED) is 0.907. The van der Waals surface area contributed by atoms with Crippen LogP contribution in [0.25, 0.3) is 0 Å². The zero-order valence-corrected chi connectivity index (χ0v) is 14.7. The summed E-state index contributed by atoms with van der Waals surface area (Å²) >= 11 is 0. The molecule has 0 bridgehead atoms. The lowest BCUT2D eigenvalue weighted by molar-refractivity contribution is -0.120. The minimum atomic E-state index is -0.0872. The third-order valence-corrected chi connectivity index (χ3v) is 5.31. The van der Waals surface area contributed by atoms with Crippen molar-refractivity contribution in [2.45, 2.75) is 52.0 Å². The maximum absolute atomic E-state index is 12.6. The molecule has 1 aliphatic carbocycles. The van der Waals surface area contributed by atoms with Crippen LogP contribution in [-0.4, -0.2) is 42.5 Å². The molecule has 2 aliphatic rings. The lowest BCUT2D eigenvalue weighted by atomic mass is 9.96. The number of rotatable bonds is 2. The SMILES string of the molecule is Cc1cccc(N2CCN(C(=O)NC3CCCCC3)CC2=O)c1C. The van der Waals surface area contributed by atoms with Gasteiger partial charge in [0.15, 0.2) is 0 Å². The van der Waals surface area contributed by atoms with Gasteiger partial charge in [-0.2, -0.15) is 0 Å². The third kappa shape index (κ3) is 3.55. The molecule has 1 aromatic carbocycles. The molecule has 1 N–H and O–H groups in total. The number of carbonyl (C=O) groups is 2. The summed E-state index contributed by atoms with van der Waals surface area (Å²) in [6.45, 7) is 5.39. The first-order valence-electron chi connectivity index (χ1n) is 8.98. The highest BCUT2D eigenvalue weighted by molar-refractivity contribution is 5.98. The summed E-state index contributed by atoms with van der Waals surface area (Å²) in [6.07, 6.45) is 5.75. The molecule has 0 unspecified atom stereocenters. The van der Waals surface area contributed by atoms with Gasteiger partial charge in [-0.05, 0) is 43.9 Å². The van der Waals surface area contributed by atoms with Crippen LogP contribution in [0.15, 0.2) is 18.2 Å². The van der Waals surface area contributed by atoms with Crippen molar-refractivity contribution in [3.05, 3.63) is 29.3 Å². The molecule has 0 aromatic heterocycles. The molecular weight excluding hydrogens is 302 g/mol. The zero-order chi connectivity index (χ0) is 17.1. The van der Waals surface area contributed by atoms with E-state index in [1.807, 2.05) is 24.0 Å². The van der Waals surface area contributed by atoms with E-state index in [-0.39, 0.29) is 24.5 Å². The second kappa shape index (κ2) is 7.24. The molecule has 0 atom stereocenters. The minimum Gasteiger partial charge on any atom is -0.335 e. The second-order valence-corrected chi connectivity index (χ2v) is 6.97. The Hall–Kier alpha value is -2.04. The summed E-state index contributed by atoms with van der Waals surface area (Å²) in [5, 5.41) is 3.10. The van der Waals surface area contributed by atoms with E-state index in [0.29, 0.717) is 13.1 Å². The van der Waals surface area contributed by atoms with E-state index in [1.165, 1.54) is 24.8 Å². The van der Waals surface area contributed by atoms with Gasteiger partial charge in [0, 0.05) is 24.8 Å². The molecule has 130 valence electrons. The summed E-state index contributed by atoms with van der Waals surface area (Å²) < 4.78 is 0. The smallest absolute Gasteiger partial charge is 0.318 e. The van der Waals surface area contributed by atoms with Crippen molar-refractivity contribution in [3.8, 4) is 0 Å². The van der Waals surface area contributed by atoms with Gasteiger partial charge in [0.05, 0.1) is 0 Å². The Morgan fingerprint density at radius 2 is 1.88 bits per heavy atom. The number of aryl methyl sites for hydroxylation is 1. The molecule has 2 fully saturated rings. The van der Waals surface area contributed by atoms with E-state index in [4.69, 9.17) is 0 Å². The Balaban J connectivity index is 1.61. The number of hydrogen-bond donors (Lipinski definition) is 1. The Morgan fingerprint density at radius 1 is 1.12 bits per heavy atom. The van der Waals surface area contributed by atoms with Crippen LogP contribution in [0, 0.1) is 13.8 Å². The Labute approximate surface area is 144 Å². The van der Waals surface area contributed by atoms with Crippen molar-refractivity contribution in [2.75, 3.05) is 24.5 Å². The van der Waals surface area contributed by atoms with E-state index in [2.05, 4.69) is 18.3 Å². The van der Waals surface area contributed by atoms with Crippen molar-refractivity contribution in [2.24, 2.45) is 0 Å². The van der Waals surface area contributed by atoms with Crippen LogP contribution < -0.4 is 10.2 Å². The van der Waals surface area contributed by atoms with Crippen molar-refractivity contribution < 1.29 is 9.59 Å². The summed E-state index contributed by atoms with van der Waals surface area (Å²) in [5.41, 5.74) is 3.27. The second-order valence-electron chi connectivity index (χ2n) is 6.97. The van der Waals surface area contributed by atoms with E-state index in [9.17, 15) is 9.59 Å². The fourth-order valence-corrected chi connectivity index (χ4v) is 3.64. The van der Waals surface area contributed by atoms with Crippen LogP contribution in [0.4, 0.5) is 10.5 Å². The van der Waals surface area contributed by atoms with Crippen LogP contribution in [0.1, 0.15) is 43.2 Å². The van der Waals surface area contributed by atoms with Gasteiger partial charge in [0.25, 0.3) is 0 Å². The standard InChI is InChI=1S/C19H27N3O2/c1-14-7-6-10-17(15(14)2)22-12-11-21(13-18(22)23)19(24)20-16-8-4-3-5-9-16/h6-7,10,16H,3-5,8-9,11-13H2,1-2H3,(H,20,24). The summed E-state index contributed by atoms with van der Waals surface area (Å²) in [6, 6.07) is 6.21. The van der Waals surface area contributed by atoms with Crippen LogP contribution in [-0.2, 0) is 4.79 Å². The highest BCUT2D eigenvalue weighted by Gasteiger charge is 2.30. The van der Waals surface area contributed by atoms with E-state index < -0.39 is 0 Å². The fourth-order valence-electron chi connectivity index (χ4n) is 3.64. The van der Waals surface area contributed by atoms with Crippen LogP contribution in [0.5, 0.6) is 0 Å². The molecule has 5 heteroatoms. The zero-order valence-electron chi connectivity index (χ0n) is 14.7. The summed E-state index contributed by atoms with van der Waals surface area (Å²) in [4.78, 5) is 28.5. The lowest BCUT2D eigenvalue weighted by Crippen LogP contribution is -2.56. The minimum absolute atomic E-state index is 0.00579. The molecule has 0 spiro atoms. The molecule has 1 heterocycles. The average molecular weight is 329 g/mol. The normalized spacial score (nSPS) is 19.5. The number of hydrogen-bond acceptors (Lipinski definition) is 2. The number of nitrogens with one attached hydrogen (secondary N) is 1. The van der Waals surface area contributed by atoms with Gasteiger partial charge in [0.2, 0.25) is 5.91 Å². The molecule has 5 nitrogen and oxygen atoms in total. The van der Waals surface area contributed by atoms with Crippen molar-refractivity contribution in [1.29, 1.82) is 0 Å². The van der Waals surface area contributed by atoms with Crippen molar-refractivity contribution in [3.63, 3.8) is 0 Å². The predicted molar refractivity (Wildman–Crippen MR) is 95.2 cm³/mol. The molecule has 3 amide bonds. The molecular formula is C19H27N3O2. The maximum Gasteiger partial charge on any atom is 0.318 e. The predicted octanol–water partition coefficient (Wildman–Crippen LogP) is 2.99. The van der Waals surface area contributed by atoms with Crippen LogP contribution in [0.2, 0.25) is 0 Å². The van der Waals surface area contributed by atoms with Gasteiger partial charge in [-0.1, -0.05) is 31.4 Å². The fraction of sp³-hybridized carbons (Fsp3) is 0.579. The van der Waals surface area contributed by atoms with Crippen LogP contribution in [0.3, 0.4) is 0 Å². The number of carbonyl (C=O) groups excluding carboxylic acids is 2. The van der Waals surface area contributed by atoms with Gasteiger partial charge in [-0.3, -0.25) is 4.79 Å². The molecule has 1 aliphatic heterocycles. The number of urea groups is 1. The lowest BCUT2D eigenvalue weighted by Gasteiger charge is -2.36. The first-order chi connectivity index (χ1) is 11.6. The topological polar surface area (TPSA) is 52.6 Å². The van der Waals surface area contributed by atoms with Gasteiger partial charge in [0.1, 0.15) is 6.54 Å². The van der Waals surface area contributed by atoms with E-state index >= 15 is 0 Å². The van der Waals surface area contributed by atoms with E-state index in [1.54, 1.807) is 4.90 Å². The number of benzene rings is 1. The highest BCUT2D eigenvalue weighted by atomic mass is 16.2. The maximum atomic E-state index is 12.6. The number of piperazine rings is 1. The van der Waals surface area contributed by atoms with Gasteiger partial charge >= 0.3 is 6.03 Å². The average Bonchev–Trinajstić information content (AvgIpc) is 2.58. The Bertz CT molecular complexity index is 623. The van der Waals surface area contributed by atoms with Crippen LogP contribution >= 0.6 is 0 Å². The first kappa shape index (κ1) is 16.8. The van der Waals surface area contributed by atoms with Gasteiger partial charge < -0.3 is 15.1 Å². The highest BCUT2D eigenvalue weighted by Crippen LogP contribution is 2.24. The third-order valence-electron chi connectivity index (χ3n) is 5.31. The van der Waals surface area contributed by atoms with E-state index in [0.717, 1.165) is 24.1 Å². The van der Waals surface area contributed by atoms with Gasteiger partial charge in [-0.15, -0.1) is 0 Å². The van der Waals surface area contributed by atoms with Crippen molar-refractivity contribution in [1.82, 2.24) is 10.2 Å².